The highest BCUT2D eigenvalue weighted by Gasteiger charge is 1.94. The third-order valence-electron chi connectivity index (χ3n) is 1.63. The fraction of sp³-hybridized carbons (Fsp3) is 0.455. The van der Waals surface area contributed by atoms with E-state index in [2.05, 4.69) is 44.7 Å². The highest BCUT2D eigenvalue weighted by atomic mass is 15.1. The molecule has 0 N–H and O–H groups in total. The van der Waals surface area contributed by atoms with Crippen LogP contribution in [0.2, 0.25) is 0 Å². The minimum atomic E-state index is 1.01. The van der Waals surface area contributed by atoms with Gasteiger partial charge in [-0.1, -0.05) is 25.7 Å². The number of allylic oxidation sites excluding steroid dienone is 1. The lowest BCUT2D eigenvalue weighted by molar-refractivity contribution is 0.386. The third-order valence-corrected chi connectivity index (χ3v) is 1.63. The van der Waals surface area contributed by atoms with E-state index >= 15 is 0 Å². The highest BCUT2D eigenvalue weighted by molar-refractivity contribution is 5.16. The summed E-state index contributed by atoms with van der Waals surface area (Å²) >= 11 is 0. The van der Waals surface area contributed by atoms with Crippen molar-refractivity contribution in [2.75, 3.05) is 20.1 Å². The molecule has 0 atom stereocenters. The first-order valence-electron chi connectivity index (χ1n) is 4.20. The molecule has 0 aromatic heterocycles. The van der Waals surface area contributed by atoms with Crippen molar-refractivity contribution in [3.8, 4) is 0 Å². The maximum Gasteiger partial charge on any atom is 0.0227 e. The van der Waals surface area contributed by atoms with Crippen LogP contribution in [0, 0.1) is 0 Å². The average Bonchev–Trinajstić information content (AvgIpc) is 2.16. The van der Waals surface area contributed by atoms with Gasteiger partial charge in [0.1, 0.15) is 0 Å². The molecule has 0 bridgehead atoms. The van der Waals surface area contributed by atoms with E-state index in [4.69, 9.17) is 0 Å². The zero-order chi connectivity index (χ0) is 9.98. The second kappa shape index (κ2) is 10.2. The van der Waals surface area contributed by atoms with Crippen molar-refractivity contribution in [3.63, 3.8) is 0 Å². The van der Waals surface area contributed by atoms with Gasteiger partial charge >= 0.3 is 0 Å². The normalized spacial score (nSPS) is 10.5. The summed E-state index contributed by atoms with van der Waals surface area (Å²) in [6, 6.07) is 0. The SMILES string of the molecule is C=C.C=C/C(=C\C)CN(C)CC. The predicted octanol–water partition coefficient (Wildman–Crippen LogP) is 2.87. The van der Waals surface area contributed by atoms with Crippen LogP contribution in [-0.2, 0) is 0 Å². The van der Waals surface area contributed by atoms with Gasteiger partial charge in [0.15, 0.2) is 0 Å². The molecule has 0 rings (SSSR count). The van der Waals surface area contributed by atoms with E-state index < -0.39 is 0 Å². The molecule has 70 valence electrons. The number of hydrogen-bond donors (Lipinski definition) is 0. The molecule has 0 saturated heterocycles. The Labute approximate surface area is 77.1 Å². The van der Waals surface area contributed by atoms with E-state index in [9.17, 15) is 0 Å². The summed E-state index contributed by atoms with van der Waals surface area (Å²) in [7, 11) is 2.10. The summed E-state index contributed by atoms with van der Waals surface area (Å²) in [5.41, 5.74) is 1.30. The Morgan fingerprint density at radius 1 is 1.42 bits per heavy atom. The lowest BCUT2D eigenvalue weighted by Gasteiger charge is -2.13. The number of hydrogen-bond acceptors (Lipinski definition) is 1. The van der Waals surface area contributed by atoms with E-state index in [1.54, 1.807) is 0 Å². The van der Waals surface area contributed by atoms with E-state index in [1.165, 1.54) is 5.57 Å². The number of likely N-dealkylation sites (N-methyl/N-ethyl adjacent to an activating group) is 1. The van der Waals surface area contributed by atoms with Crippen molar-refractivity contribution >= 4 is 0 Å². The minimum Gasteiger partial charge on any atom is -0.302 e. The van der Waals surface area contributed by atoms with Gasteiger partial charge in [0, 0.05) is 6.54 Å². The minimum absolute atomic E-state index is 1.01. The Morgan fingerprint density at radius 2 is 1.92 bits per heavy atom. The molecule has 0 unspecified atom stereocenters. The van der Waals surface area contributed by atoms with Crippen LogP contribution in [0.4, 0.5) is 0 Å². The predicted molar refractivity (Wildman–Crippen MR) is 58.4 cm³/mol. The molecular formula is C11H21N. The van der Waals surface area contributed by atoms with Crippen LogP contribution in [0.1, 0.15) is 13.8 Å². The summed E-state index contributed by atoms with van der Waals surface area (Å²) in [5.74, 6) is 0. The topological polar surface area (TPSA) is 3.24 Å². The average molecular weight is 167 g/mol. The molecule has 1 nitrogen and oxygen atoms in total. The van der Waals surface area contributed by atoms with Crippen LogP contribution in [0.15, 0.2) is 37.5 Å². The maximum absolute atomic E-state index is 3.72. The Bertz CT molecular complexity index is 136. The summed E-state index contributed by atoms with van der Waals surface area (Å²) in [6.07, 6.45) is 4.01. The van der Waals surface area contributed by atoms with Crippen LogP contribution in [0.5, 0.6) is 0 Å². The molecule has 0 heterocycles. The molecule has 0 radical (unpaired) electrons. The molecule has 0 saturated carbocycles. The number of rotatable bonds is 4. The molecular weight excluding hydrogens is 146 g/mol. The van der Waals surface area contributed by atoms with Crippen molar-refractivity contribution in [1.82, 2.24) is 4.90 Å². The standard InChI is InChI=1S/C9H17N.C2H4/c1-5-9(6-2)8-10(4)7-3;1-2/h5-6H,1,7-8H2,2-4H3;1-2H2/b9-6+;. The van der Waals surface area contributed by atoms with Gasteiger partial charge in [0.25, 0.3) is 0 Å². The Morgan fingerprint density at radius 3 is 2.17 bits per heavy atom. The summed E-state index contributed by atoms with van der Waals surface area (Å²) < 4.78 is 0. The van der Waals surface area contributed by atoms with E-state index in [0.717, 1.165) is 13.1 Å². The first kappa shape index (κ1) is 13.7. The molecule has 0 aliphatic carbocycles. The van der Waals surface area contributed by atoms with Gasteiger partial charge in [-0.25, -0.2) is 0 Å². The summed E-state index contributed by atoms with van der Waals surface area (Å²) in [4.78, 5) is 2.25. The van der Waals surface area contributed by atoms with Gasteiger partial charge in [-0.05, 0) is 26.1 Å². The van der Waals surface area contributed by atoms with Gasteiger partial charge in [-0.15, -0.1) is 13.2 Å². The van der Waals surface area contributed by atoms with Crippen LogP contribution in [-0.4, -0.2) is 25.0 Å². The fourth-order valence-electron chi connectivity index (χ4n) is 0.697. The molecule has 12 heavy (non-hydrogen) atoms. The first-order valence-corrected chi connectivity index (χ1v) is 4.20. The zero-order valence-electron chi connectivity index (χ0n) is 8.64. The van der Waals surface area contributed by atoms with Gasteiger partial charge in [-0.3, -0.25) is 0 Å². The largest absolute Gasteiger partial charge is 0.302 e. The van der Waals surface area contributed by atoms with Crippen molar-refractivity contribution in [1.29, 1.82) is 0 Å². The van der Waals surface area contributed by atoms with Crippen LogP contribution in [0.3, 0.4) is 0 Å². The highest BCUT2D eigenvalue weighted by Crippen LogP contribution is 1.97. The quantitative estimate of drug-likeness (QED) is 0.459. The third kappa shape index (κ3) is 7.29. The van der Waals surface area contributed by atoms with E-state index in [0.29, 0.717) is 0 Å². The van der Waals surface area contributed by atoms with Crippen molar-refractivity contribution in [2.24, 2.45) is 0 Å². The molecule has 0 aromatic rings. The Balaban J connectivity index is 0. The second-order valence-corrected chi connectivity index (χ2v) is 2.40. The fourth-order valence-corrected chi connectivity index (χ4v) is 0.697. The molecule has 0 aromatic carbocycles. The maximum atomic E-state index is 3.72. The van der Waals surface area contributed by atoms with Crippen LogP contribution >= 0.6 is 0 Å². The Kier molecular flexibility index (Phi) is 11.7. The van der Waals surface area contributed by atoms with Gasteiger partial charge < -0.3 is 4.90 Å². The van der Waals surface area contributed by atoms with E-state index in [-0.39, 0.29) is 0 Å². The first-order chi connectivity index (χ1) is 5.74. The zero-order valence-corrected chi connectivity index (χ0v) is 8.64. The van der Waals surface area contributed by atoms with E-state index in [1.807, 2.05) is 13.0 Å². The molecule has 0 spiro atoms. The molecule has 0 aliphatic rings. The second-order valence-electron chi connectivity index (χ2n) is 2.40. The van der Waals surface area contributed by atoms with Crippen LogP contribution < -0.4 is 0 Å². The molecule has 1 heteroatoms. The molecule has 0 aliphatic heterocycles. The van der Waals surface area contributed by atoms with Crippen LogP contribution in [0.25, 0.3) is 0 Å². The number of nitrogens with zero attached hydrogens (tertiary/aromatic N) is 1. The van der Waals surface area contributed by atoms with Gasteiger partial charge in [-0.2, -0.15) is 0 Å². The summed E-state index contributed by atoms with van der Waals surface area (Å²) in [5, 5.41) is 0. The van der Waals surface area contributed by atoms with Gasteiger partial charge in [0.2, 0.25) is 0 Å². The molecule has 0 fully saturated rings. The van der Waals surface area contributed by atoms with Gasteiger partial charge in [0.05, 0.1) is 0 Å². The smallest absolute Gasteiger partial charge is 0.0227 e. The summed E-state index contributed by atoms with van der Waals surface area (Å²) in [6.45, 7) is 16.0. The Hall–Kier alpha value is -0.820. The van der Waals surface area contributed by atoms with Crippen molar-refractivity contribution in [3.05, 3.63) is 37.5 Å². The van der Waals surface area contributed by atoms with Crippen molar-refractivity contribution in [2.45, 2.75) is 13.8 Å². The van der Waals surface area contributed by atoms with Crippen molar-refractivity contribution < 1.29 is 0 Å². The lowest BCUT2D eigenvalue weighted by atomic mass is 10.2. The lowest BCUT2D eigenvalue weighted by Crippen LogP contribution is -2.19. The molecule has 0 amide bonds. The monoisotopic (exact) mass is 167 g/mol.